The first kappa shape index (κ1) is 11.7. The van der Waals surface area contributed by atoms with E-state index in [1.807, 2.05) is 12.1 Å². The summed E-state index contributed by atoms with van der Waals surface area (Å²) in [5.41, 5.74) is 0. The first-order valence-electron chi connectivity index (χ1n) is 5.80. The number of rotatable bonds is 5. The molecule has 2 nitrogen and oxygen atoms in total. The van der Waals surface area contributed by atoms with Crippen LogP contribution in [-0.4, -0.2) is 17.8 Å². The lowest BCUT2D eigenvalue weighted by Crippen LogP contribution is -2.24. The summed E-state index contributed by atoms with van der Waals surface area (Å²) in [5.74, 6) is 1.43. The van der Waals surface area contributed by atoms with Crippen LogP contribution in [0.1, 0.15) is 25.7 Å². The van der Waals surface area contributed by atoms with Crippen LogP contribution in [0.4, 0.5) is 0 Å². The number of aliphatic hydroxyl groups excluding tert-OH is 1. The van der Waals surface area contributed by atoms with Crippen molar-refractivity contribution in [2.45, 2.75) is 31.8 Å². The molecule has 1 unspecified atom stereocenters. The minimum atomic E-state index is -0.357. The summed E-state index contributed by atoms with van der Waals surface area (Å²) in [6, 6.07) is 7.26. The van der Waals surface area contributed by atoms with E-state index in [0.29, 0.717) is 17.5 Å². The number of halogens is 1. The quantitative estimate of drug-likeness (QED) is 0.856. The van der Waals surface area contributed by atoms with Crippen molar-refractivity contribution < 1.29 is 9.84 Å². The molecular formula is C13H17ClO2. The zero-order chi connectivity index (χ0) is 11.4. The second-order valence-electron chi connectivity index (χ2n) is 4.45. The van der Waals surface area contributed by atoms with Gasteiger partial charge in [0.1, 0.15) is 12.4 Å². The van der Waals surface area contributed by atoms with E-state index in [1.165, 1.54) is 19.3 Å². The van der Waals surface area contributed by atoms with Crippen LogP contribution < -0.4 is 4.74 Å². The summed E-state index contributed by atoms with van der Waals surface area (Å²) in [7, 11) is 0. The smallest absolute Gasteiger partial charge is 0.120 e. The molecule has 0 spiro atoms. The minimum Gasteiger partial charge on any atom is -0.491 e. The van der Waals surface area contributed by atoms with Crippen molar-refractivity contribution in [1.82, 2.24) is 0 Å². The van der Waals surface area contributed by atoms with Gasteiger partial charge in [-0.1, -0.05) is 36.9 Å². The van der Waals surface area contributed by atoms with Crippen LogP contribution in [0.3, 0.4) is 0 Å². The van der Waals surface area contributed by atoms with Crippen LogP contribution >= 0.6 is 11.6 Å². The van der Waals surface area contributed by atoms with E-state index >= 15 is 0 Å². The largest absolute Gasteiger partial charge is 0.491 e. The molecule has 1 aliphatic rings. The molecule has 3 heteroatoms. The average Bonchev–Trinajstić information content (AvgIpc) is 2.21. The Kier molecular flexibility index (Phi) is 4.08. The highest BCUT2D eigenvalue weighted by atomic mass is 35.5. The summed E-state index contributed by atoms with van der Waals surface area (Å²) >= 11 is 5.83. The highest BCUT2D eigenvalue weighted by Gasteiger charge is 2.21. The van der Waals surface area contributed by atoms with Crippen molar-refractivity contribution in [3.8, 4) is 5.75 Å². The summed E-state index contributed by atoms with van der Waals surface area (Å²) in [4.78, 5) is 0. The topological polar surface area (TPSA) is 29.5 Å². The molecule has 0 bridgehead atoms. The Balaban J connectivity index is 1.73. The van der Waals surface area contributed by atoms with Gasteiger partial charge in [-0.15, -0.1) is 0 Å². The maximum Gasteiger partial charge on any atom is 0.120 e. The Morgan fingerprint density at radius 3 is 2.88 bits per heavy atom. The van der Waals surface area contributed by atoms with Crippen molar-refractivity contribution in [2.75, 3.05) is 6.61 Å². The standard InChI is InChI=1S/C13H17ClO2/c14-11-5-2-6-13(8-11)16-9-12(15)7-10-3-1-4-10/h2,5-6,8,10,12,15H,1,3-4,7,9H2. The maximum atomic E-state index is 9.76. The molecule has 1 N–H and O–H groups in total. The fourth-order valence-corrected chi connectivity index (χ4v) is 2.11. The van der Waals surface area contributed by atoms with E-state index in [0.717, 1.165) is 12.2 Å². The highest BCUT2D eigenvalue weighted by Crippen LogP contribution is 2.30. The zero-order valence-electron chi connectivity index (χ0n) is 9.23. The van der Waals surface area contributed by atoms with E-state index in [9.17, 15) is 5.11 Å². The summed E-state index contributed by atoms with van der Waals surface area (Å²) < 4.78 is 5.48. The first-order chi connectivity index (χ1) is 7.74. The van der Waals surface area contributed by atoms with Gasteiger partial charge in [0.25, 0.3) is 0 Å². The predicted molar refractivity (Wildman–Crippen MR) is 64.9 cm³/mol. The van der Waals surface area contributed by atoms with Gasteiger partial charge in [-0.25, -0.2) is 0 Å². The van der Waals surface area contributed by atoms with Gasteiger partial charge in [0.05, 0.1) is 6.10 Å². The molecule has 16 heavy (non-hydrogen) atoms. The van der Waals surface area contributed by atoms with Gasteiger partial charge in [0, 0.05) is 5.02 Å². The van der Waals surface area contributed by atoms with E-state index in [1.54, 1.807) is 12.1 Å². The average molecular weight is 241 g/mol. The van der Waals surface area contributed by atoms with E-state index in [-0.39, 0.29) is 6.10 Å². The molecule has 1 aliphatic carbocycles. The second kappa shape index (κ2) is 5.55. The Bertz CT molecular complexity index is 336. The zero-order valence-corrected chi connectivity index (χ0v) is 9.99. The normalized spacial score (nSPS) is 17.9. The van der Waals surface area contributed by atoms with Gasteiger partial charge in [0.15, 0.2) is 0 Å². The molecule has 88 valence electrons. The predicted octanol–water partition coefficient (Wildman–Crippen LogP) is 3.27. The fourth-order valence-electron chi connectivity index (χ4n) is 1.93. The lowest BCUT2D eigenvalue weighted by molar-refractivity contribution is 0.0704. The fraction of sp³-hybridized carbons (Fsp3) is 0.538. The SMILES string of the molecule is OC(COc1cccc(Cl)c1)CC1CCC1. The molecule has 2 rings (SSSR count). The molecule has 1 aromatic rings. The molecule has 1 atom stereocenters. The third-order valence-corrected chi connectivity index (χ3v) is 3.30. The van der Waals surface area contributed by atoms with Crippen LogP contribution in [0.5, 0.6) is 5.75 Å². The molecule has 0 aliphatic heterocycles. The van der Waals surface area contributed by atoms with Gasteiger partial charge in [-0.3, -0.25) is 0 Å². The Morgan fingerprint density at radius 1 is 1.44 bits per heavy atom. The van der Waals surface area contributed by atoms with E-state index in [4.69, 9.17) is 16.3 Å². The maximum absolute atomic E-state index is 9.76. The summed E-state index contributed by atoms with van der Waals surface area (Å²) in [5, 5.41) is 10.4. The van der Waals surface area contributed by atoms with Gasteiger partial charge < -0.3 is 9.84 Å². The lowest BCUT2D eigenvalue weighted by Gasteiger charge is -2.27. The monoisotopic (exact) mass is 240 g/mol. The van der Waals surface area contributed by atoms with Crippen molar-refractivity contribution in [3.05, 3.63) is 29.3 Å². The Morgan fingerprint density at radius 2 is 2.25 bits per heavy atom. The van der Waals surface area contributed by atoms with Gasteiger partial charge >= 0.3 is 0 Å². The van der Waals surface area contributed by atoms with Crippen molar-refractivity contribution in [3.63, 3.8) is 0 Å². The van der Waals surface area contributed by atoms with E-state index < -0.39 is 0 Å². The molecule has 0 amide bonds. The van der Waals surface area contributed by atoms with E-state index in [2.05, 4.69) is 0 Å². The molecule has 1 saturated carbocycles. The number of aliphatic hydroxyl groups is 1. The molecular weight excluding hydrogens is 224 g/mol. The van der Waals surface area contributed by atoms with Crippen LogP contribution in [-0.2, 0) is 0 Å². The van der Waals surface area contributed by atoms with Crippen LogP contribution in [0.2, 0.25) is 5.02 Å². The first-order valence-corrected chi connectivity index (χ1v) is 6.18. The van der Waals surface area contributed by atoms with Gasteiger partial charge in [-0.2, -0.15) is 0 Å². The number of benzene rings is 1. The minimum absolute atomic E-state index is 0.357. The molecule has 1 fully saturated rings. The van der Waals surface area contributed by atoms with Gasteiger partial charge in [0.2, 0.25) is 0 Å². The van der Waals surface area contributed by atoms with Gasteiger partial charge in [-0.05, 0) is 30.5 Å². The molecule has 1 aromatic carbocycles. The molecule has 0 heterocycles. The second-order valence-corrected chi connectivity index (χ2v) is 4.89. The summed E-state index contributed by atoms with van der Waals surface area (Å²) in [6.45, 7) is 0.358. The molecule has 0 saturated heterocycles. The van der Waals surface area contributed by atoms with Crippen LogP contribution in [0, 0.1) is 5.92 Å². The molecule has 0 aromatic heterocycles. The Hall–Kier alpha value is -0.730. The van der Waals surface area contributed by atoms with Crippen LogP contribution in [0.15, 0.2) is 24.3 Å². The number of hydrogen-bond donors (Lipinski definition) is 1. The Labute approximate surface area is 101 Å². The van der Waals surface area contributed by atoms with Crippen molar-refractivity contribution in [2.24, 2.45) is 5.92 Å². The van der Waals surface area contributed by atoms with Crippen molar-refractivity contribution in [1.29, 1.82) is 0 Å². The van der Waals surface area contributed by atoms with Crippen LogP contribution in [0.25, 0.3) is 0 Å². The third-order valence-electron chi connectivity index (χ3n) is 3.07. The summed E-state index contributed by atoms with van der Waals surface area (Å²) in [6.07, 6.45) is 4.33. The number of ether oxygens (including phenoxy) is 1. The third kappa shape index (κ3) is 3.39. The number of hydrogen-bond acceptors (Lipinski definition) is 2. The highest BCUT2D eigenvalue weighted by molar-refractivity contribution is 6.30. The van der Waals surface area contributed by atoms with Crippen molar-refractivity contribution >= 4 is 11.6 Å². The molecule has 0 radical (unpaired) electrons. The lowest BCUT2D eigenvalue weighted by atomic mass is 9.81.